The van der Waals surface area contributed by atoms with Crippen molar-refractivity contribution in [3.8, 4) is 5.75 Å². The summed E-state index contributed by atoms with van der Waals surface area (Å²) in [6.45, 7) is 2.89. The summed E-state index contributed by atoms with van der Waals surface area (Å²) in [4.78, 5) is 14.5. The van der Waals surface area contributed by atoms with Crippen LogP contribution in [0, 0.1) is 6.92 Å². The van der Waals surface area contributed by atoms with Crippen LogP contribution in [0.3, 0.4) is 0 Å². The van der Waals surface area contributed by atoms with E-state index in [9.17, 15) is 18.0 Å². The van der Waals surface area contributed by atoms with Gasteiger partial charge in [0.15, 0.2) is 0 Å². The molecule has 1 fully saturated rings. The molecule has 0 unspecified atom stereocenters. The lowest BCUT2D eigenvalue weighted by molar-refractivity contribution is -0.274. The number of aryl methyl sites for hydroxylation is 1. The fourth-order valence-electron chi connectivity index (χ4n) is 2.99. The smallest absolute Gasteiger partial charge is 0.405 e. The zero-order chi connectivity index (χ0) is 20.1. The van der Waals surface area contributed by atoms with Crippen molar-refractivity contribution >= 4 is 5.91 Å². The Labute approximate surface area is 162 Å². The number of hydrogen-bond acceptors (Lipinski definition) is 3. The average Bonchev–Trinajstić information content (AvgIpc) is 3.46. The van der Waals surface area contributed by atoms with Crippen LogP contribution in [0.4, 0.5) is 13.2 Å². The van der Waals surface area contributed by atoms with E-state index >= 15 is 0 Å². The van der Waals surface area contributed by atoms with Gasteiger partial charge in [-0.2, -0.15) is 0 Å². The van der Waals surface area contributed by atoms with E-state index in [-0.39, 0.29) is 30.3 Å². The molecule has 2 aromatic rings. The molecule has 0 spiro atoms. The van der Waals surface area contributed by atoms with Crippen molar-refractivity contribution in [1.29, 1.82) is 0 Å². The second-order valence-corrected chi connectivity index (χ2v) is 7.05. The molecule has 3 rings (SSSR count). The van der Waals surface area contributed by atoms with E-state index in [1.54, 1.807) is 6.07 Å². The molecular formula is C21H23F3N2O2. The number of carbonyl (C=O) groups is 1. The Morgan fingerprint density at radius 1 is 1.14 bits per heavy atom. The van der Waals surface area contributed by atoms with Gasteiger partial charge in [0.05, 0.1) is 6.54 Å². The first kappa shape index (κ1) is 20.2. The monoisotopic (exact) mass is 392 g/mol. The van der Waals surface area contributed by atoms with Gasteiger partial charge in [-0.1, -0.05) is 48.0 Å². The zero-order valence-electron chi connectivity index (χ0n) is 15.6. The molecule has 1 aliphatic carbocycles. The Bertz CT molecular complexity index is 802. The Morgan fingerprint density at radius 3 is 2.46 bits per heavy atom. The van der Waals surface area contributed by atoms with Gasteiger partial charge < -0.3 is 10.1 Å². The first-order chi connectivity index (χ1) is 13.3. The van der Waals surface area contributed by atoms with Crippen molar-refractivity contribution in [2.45, 2.75) is 45.3 Å². The molecule has 28 heavy (non-hydrogen) atoms. The summed E-state index contributed by atoms with van der Waals surface area (Å²) >= 11 is 0. The molecule has 4 nitrogen and oxygen atoms in total. The van der Waals surface area contributed by atoms with E-state index in [2.05, 4.69) is 15.0 Å². The fraction of sp³-hybridized carbons (Fsp3) is 0.381. The molecule has 0 bridgehead atoms. The Balaban J connectivity index is 1.56. The number of nitrogens with zero attached hydrogens (tertiary/aromatic N) is 1. The third-order valence-corrected chi connectivity index (χ3v) is 4.59. The molecule has 1 N–H and O–H groups in total. The van der Waals surface area contributed by atoms with Gasteiger partial charge in [-0.15, -0.1) is 13.2 Å². The zero-order valence-corrected chi connectivity index (χ0v) is 15.6. The number of nitrogens with one attached hydrogen (secondary N) is 1. The maximum absolute atomic E-state index is 12.5. The molecule has 150 valence electrons. The number of hydrogen-bond donors (Lipinski definition) is 1. The highest BCUT2D eigenvalue weighted by molar-refractivity contribution is 5.78. The number of para-hydroxylation sites is 1. The normalized spacial score (nSPS) is 14.2. The Hall–Kier alpha value is -2.54. The highest BCUT2D eigenvalue weighted by Gasteiger charge is 2.32. The van der Waals surface area contributed by atoms with Gasteiger partial charge in [-0.05, 0) is 31.4 Å². The molecule has 1 aliphatic rings. The van der Waals surface area contributed by atoms with Gasteiger partial charge >= 0.3 is 6.36 Å². The van der Waals surface area contributed by atoms with E-state index in [4.69, 9.17) is 0 Å². The van der Waals surface area contributed by atoms with Crippen LogP contribution in [0.1, 0.15) is 29.5 Å². The molecule has 1 amide bonds. The molecular weight excluding hydrogens is 369 g/mol. The van der Waals surface area contributed by atoms with Crippen molar-refractivity contribution < 1.29 is 22.7 Å². The molecule has 0 atom stereocenters. The van der Waals surface area contributed by atoms with E-state index in [1.165, 1.54) is 23.8 Å². The highest BCUT2D eigenvalue weighted by Crippen LogP contribution is 2.28. The van der Waals surface area contributed by atoms with Crippen LogP contribution < -0.4 is 10.1 Å². The highest BCUT2D eigenvalue weighted by atomic mass is 19.4. The maximum Gasteiger partial charge on any atom is 0.573 e. The minimum atomic E-state index is -4.77. The lowest BCUT2D eigenvalue weighted by Crippen LogP contribution is -2.38. The van der Waals surface area contributed by atoms with Crippen molar-refractivity contribution in [3.05, 3.63) is 65.2 Å². The van der Waals surface area contributed by atoms with Crippen molar-refractivity contribution in [1.82, 2.24) is 10.2 Å². The standard InChI is InChI=1S/C21H23F3N2O2/c1-15-6-8-16(9-7-15)13-26(18-10-11-18)14-20(27)25-12-17-4-2-3-5-19(17)28-21(22,23)24/h2-9,18H,10-14H2,1H3,(H,25,27). The van der Waals surface area contributed by atoms with Gasteiger partial charge in [0.2, 0.25) is 5.91 Å². The van der Waals surface area contributed by atoms with E-state index in [1.807, 2.05) is 31.2 Å². The maximum atomic E-state index is 12.5. The predicted molar refractivity (Wildman–Crippen MR) is 99.6 cm³/mol. The number of amides is 1. The number of ether oxygens (including phenoxy) is 1. The Kier molecular flexibility index (Phi) is 6.24. The second-order valence-electron chi connectivity index (χ2n) is 7.05. The molecule has 0 saturated heterocycles. The topological polar surface area (TPSA) is 41.6 Å². The number of rotatable bonds is 8. The number of carbonyl (C=O) groups excluding carboxylic acids is 1. The number of halogens is 3. The van der Waals surface area contributed by atoms with Gasteiger partial charge in [0.1, 0.15) is 5.75 Å². The minimum Gasteiger partial charge on any atom is -0.405 e. The molecule has 0 heterocycles. The van der Waals surface area contributed by atoms with Gasteiger partial charge in [-0.25, -0.2) is 0 Å². The summed E-state index contributed by atoms with van der Waals surface area (Å²) in [6, 6.07) is 14.4. The van der Waals surface area contributed by atoms with Gasteiger partial charge in [0, 0.05) is 24.7 Å². The lowest BCUT2D eigenvalue weighted by Gasteiger charge is -2.22. The third kappa shape index (κ3) is 6.27. The molecule has 1 saturated carbocycles. The Morgan fingerprint density at radius 2 is 1.82 bits per heavy atom. The summed E-state index contributed by atoms with van der Waals surface area (Å²) in [5.74, 6) is -0.519. The van der Waals surface area contributed by atoms with Crippen LogP contribution >= 0.6 is 0 Å². The summed E-state index contributed by atoms with van der Waals surface area (Å²) in [7, 11) is 0. The number of alkyl halides is 3. The van der Waals surface area contributed by atoms with Crippen molar-refractivity contribution in [2.75, 3.05) is 6.54 Å². The first-order valence-electron chi connectivity index (χ1n) is 9.20. The third-order valence-electron chi connectivity index (χ3n) is 4.59. The molecule has 0 aliphatic heterocycles. The SMILES string of the molecule is Cc1ccc(CN(CC(=O)NCc2ccccc2OC(F)(F)F)C2CC2)cc1. The van der Waals surface area contributed by atoms with E-state index in [0.29, 0.717) is 12.6 Å². The van der Waals surface area contributed by atoms with Crippen molar-refractivity contribution in [2.24, 2.45) is 0 Å². The number of benzene rings is 2. The second kappa shape index (κ2) is 8.65. The van der Waals surface area contributed by atoms with Crippen molar-refractivity contribution in [3.63, 3.8) is 0 Å². The van der Waals surface area contributed by atoms with Crippen LogP contribution in [0.15, 0.2) is 48.5 Å². The fourth-order valence-corrected chi connectivity index (χ4v) is 2.99. The molecule has 0 radical (unpaired) electrons. The van der Waals surface area contributed by atoms with Gasteiger partial charge in [-0.3, -0.25) is 9.69 Å². The lowest BCUT2D eigenvalue weighted by atomic mass is 10.1. The minimum absolute atomic E-state index is 0.0197. The summed E-state index contributed by atoms with van der Waals surface area (Å²) in [6.07, 6.45) is -2.65. The molecule has 2 aromatic carbocycles. The predicted octanol–water partition coefficient (Wildman–Crippen LogP) is 4.17. The van der Waals surface area contributed by atoms with E-state index in [0.717, 1.165) is 18.4 Å². The van der Waals surface area contributed by atoms with Crippen LogP contribution in [-0.4, -0.2) is 29.8 Å². The van der Waals surface area contributed by atoms with Gasteiger partial charge in [0.25, 0.3) is 0 Å². The average molecular weight is 392 g/mol. The quantitative estimate of drug-likeness (QED) is 0.733. The molecule has 7 heteroatoms. The largest absolute Gasteiger partial charge is 0.573 e. The summed E-state index contributed by atoms with van der Waals surface area (Å²) in [5, 5.41) is 2.71. The van der Waals surface area contributed by atoms with E-state index < -0.39 is 6.36 Å². The summed E-state index contributed by atoms with van der Waals surface area (Å²) in [5.41, 5.74) is 2.60. The van der Waals surface area contributed by atoms with Crippen LogP contribution in [0.5, 0.6) is 5.75 Å². The van der Waals surface area contributed by atoms with Crippen LogP contribution in [0.2, 0.25) is 0 Å². The summed E-state index contributed by atoms with van der Waals surface area (Å²) < 4.78 is 41.5. The van der Waals surface area contributed by atoms with Crippen LogP contribution in [0.25, 0.3) is 0 Å². The first-order valence-corrected chi connectivity index (χ1v) is 9.20. The van der Waals surface area contributed by atoms with Crippen LogP contribution in [-0.2, 0) is 17.9 Å². The molecule has 0 aromatic heterocycles.